The molecule has 0 fully saturated rings. The molecule has 0 atom stereocenters. The summed E-state index contributed by atoms with van der Waals surface area (Å²) in [7, 11) is 1.65. The van der Waals surface area contributed by atoms with Crippen LogP contribution in [0.3, 0.4) is 0 Å². The summed E-state index contributed by atoms with van der Waals surface area (Å²) in [5, 5.41) is 0. The number of rotatable bonds is 4. The van der Waals surface area contributed by atoms with Gasteiger partial charge in [-0.25, -0.2) is 0 Å². The van der Waals surface area contributed by atoms with E-state index < -0.39 is 0 Å². The maximum Gasteiger partial charge on any atom is 0.255 e. The quantitative estimate of drug-likeness (QED) is 0.940. The van der Waals surface area contributed by atoms with E-state index in [2.05, 4.69) is 0 Å². The summed E-state index contributed by atoms with van der Waals surface area (Å²) in [4.78, 5) is 12.5. The van der Waals surface area contributed by atoms with E-state index in [4.69, 9.17) is 10.5 Å². The van der Waals surface area contributed by atoms with Crippen molar-refractivity contribution < 1.29 is 4.74 Å². The van der Waals surface area contributed by atoms with Gasteiger partial charge in [-0.2, -0.15) is 0 Å². The Labute approximate surface area is 125 Å². The lowest BCUT2D eigenvalue weighted by Gasteiger charge is -2.18. The van der Waals surface area contributed by atoms with Gasteiger partial charge in [0, 0.05) is 18.2 Å². The lowest BCUT2D eigenvalue weighted by atomic mass is 10.1. The predicted octanol–water partition coefficient (Wildman–Crippen LogP) is 2.87. The zero-order chi connectivity index (χ0) is 15.6. The van der Waals surface area contributed by atoms with Crippen LogP contribution in [0.2, 0.25) is 0 Å². The van der Waals surface area contributed by atoms with Crippen LogP contribution in [0.25, 0.3) is 11.3 Å². The number of aryl methyl sites for hydroxylation is 1. The number of hydrogen-bond acceptors (Lipinski definition) is 3. The molecule has 1 aromatic heterocycles. The maximum absolute atomic E-state index is 12.5. The Balaban J connectivity index is 2.66. The Morgan fingerprint density at radius 3 is 2.48 bits per heavy atom. The number of hydrogen-bond donors (Lipinski definition) is 1. The molecule has 0 amide bonds. The van der Waals surface area contributed by atoms with Crippen molar-refractivity contribution in [3.05, 3.63) is 51.8 Å². The second-order valence-corrected chi connectivity index (χ2v) is 5.40. The zero-order valence-electron chi connectivity index (χ0n) is 13.0. The summed E-state index contributed by atoms with van der Waals surface area (Å²) < 4.78 is 7.08. The van der Waals surface area contributed by atoms with Crippen LogP contribution in [0, 0.1) is 6.92 Å². The molecule has 1 aromatic carbocycles. The molecule has 0 saturated carbocycles. The predicted molar refractivity (Wildman–Crippen MR) is 85.7 cm³/mol. The average Bonchev–Trinajstić information content (AvgIpc) is 2.46. The summed E-state index contributed by atoms with van der Waals surface area (Å²) in [6.07, 6.45) is 0. The summed E-state index contributed by atoms with van der Waals surface area (Å²) >= 11 is 0. The topological polar surface area (TPSA) is 57.2 Å². The van der Waals surface area contributed by atoms with Crippen LogP contribution in [-0.4, -0.2) is 11.7 Å². The third kappa shape index (κ3) is 2.85. The summed E-state index contributed by atoms with van der Waals surface area (Å²) in [5.74, 6) is 0.843. The number of benzene rings is 1. The molecule has 21 heavy (non-hydrogen) atoms. The van der Waals surface area contributed by atoms with Gasteiger partial charge in [-0.15, -0.1) is 0 Å². The number of methoxy groups -OCH3 is 1. The van der Waals surface area contributed by atoms with Gasteiger partial charge in [0.1, 0.15) is 5.75 Å². The van der Waals surface area contributed by atoms with E-state index in [1.165, 1.54) is 0 Å². The lowest BCUT2D eigenvalue weighted by Crippen LogP contribution is -2.27. The first-order chi connectivity index (χ1) is 9.99. The standard InChI is InChI=1S/C17H22N2O2/c1-11(2)19-15(7-5-14(10-18)17(19)20)13-6-8-16(21-4)12(3)9-13/h5-9,11H,10,18H2,1-4H3. The SMILES string of the molecule is COc1ccc(-c2ccc(CN)c(=O)n2C(C)C)cc1C. The highest BCUT2D eigenvalue weighted by Crippen LogP contribution is 2.27. The minimum absolute atomic E-state index is 0.0153. The van der Waals surface area contributed by atoms with Crippen LogP contribution >= 0.6 is 0 Å². The van der Waals surface area contributed by atoms with Gasteiger partial charge >= 0.3 is 0 Å². The van der Waals surface area contributed by atoms with Crippen molar-refractivity contribution in [1.29, 1.82) is 0 Å². The normalized spacial score (nSPS) is 11.0. The van der Waals surface area contributed by atoms with Gasteiger partial charge in [-0.1, -0.05) is 6.07 Å². The molecule has 2 rings (SSSR count). The second-order valence-electron chi connectivity index (χ2n) is 5.40. The molecule has 112 valence electrons. The van der Waals surface area contributed by atoms with E-state index >= 15 is 0 Å². The number of ether oxygens (including phenoxy) is 1. The van der Waals surface area contributed by atoms with Crippen molar-refractivity contribution in [1.82, 2.24) is 4.57 Å². The molecule has 2 aromatic rings. The second kappa shape index (κ2) is 6.14. The van der Waals surface area contributed by atoms with Crippen molar-refractivity contribution in [2.45, 2.75) is 33.4 Å². The molecule has 1 heterocycles. The Kier molecular flexibility index (Phi) is 4.48. The zero-order valence-corrected chi connectivity index (χ0v) is 13.0. The molecule has 0 bridgehead atoms. The Morgan fingerprint density at radius 2 is 1.95 bits per heavy atom. The number of nitrogens with zero attached hydrogens (tertiary/aromatic N) is 1. The fraction of sp³-hybridized carbons (Fsp3) is 0.353. The number of pyridine rings is 1. The number of nitrogens with two attached hydrogens (primary N) is 1. The van der Waals surface area contributed by atoms with Gasteiger partial charge in [0.2, 0.25) is 0 Å². The fourth-order valence-corrected chi connectivity index (χ4v) is 2.54. The van der Waals surface area contributed by atoms with Gasteiger partial charge in [0.15, 0.2) is 0 Å². The molecule has 0 aliphatic carbocycles. The van der Waals surface area contributed by atoms with E-state index in [9.17, 15) is 4.79 Å². The van der Waals surface area contributed by atoms with E-state index in [0.717, 1.165) is 22.6 Å². The first-order valence-electron chi connectivity index (χ1n) is 7.09. The first kappa shape index (κ1) is 15.3. The number of aromatic nitrogens is 1. The van der Waals surface area contributed by atoms with E-state index in [1.807, 2.05) is 51.1 Å². The van der Waals surface area contributed by atoms with Crippen molar-refractivity contribution in [2.75, 3.05) is 7.11 Å². The molecule has 4 nitrogen and oxygen atoms in total. The van der Waals surface area contributed by atoms with Gasteiger partial charge in [-0.3, -0.25) is 4.79 Å². The van der Waals surface area contributed by atoms with Crippen molar-refractivity contribution >= 4 is 0 Å². The Bertz CT molecular complexity index is 702. The first-order valence-corrected chi connectivity index (χ1v) is 7.09. The molecule has 4 heteroatoms. The molecular formula is C17H22N2O2. The Morgan fingerprint density at radius 1 is 1.24 bits per heavy atom. The van der Waals surface area contributed by atoms with Crippen LogP contribution in [0.15, 0.2) is 35.1 Å². The van der Waals surface area contributed by atoms with Crippen molar-refractivity contribution in [2.24, 2.45) is 5.73 Å². The van der Waals surface area contributed by atoms with Crippen molar-refractivity contribution in [3.63, 3.8) is 0 Å². The molecule has 2 N–H and O–H groups in total. The monoisotopic (exact) mass is 286 g/mol. The molecule has 0 saturated heterocycles. The van der Waals surface area contributed by atoms with Gasteiger partial charge in [-0.05, 0) is 56.2 Å². The largest absolute Gasteiger partial charge is 0.496 e. The van der Waals surface area contributed by atoms with Crippen LogP contribution < -0.4 is 16.0 Å². The van der Waals surface area contributed by atoms with Crippen LogP contribution in [0.1, 0.15) is 31.0 Å². The molecule has 0 spiro atoms. The van der Waals surface area contributed by atoms with Gasteiger partial charge in [0.05, 0.1) is 12.8 Å². The molecule has 0 aliphatic rings. The fourth-order valence-electron chi connectivity index (χ4n) is 2.54. The summed E-state index contributed by atoms with van der Waals surface area (Å²) in [6.45, 7) is 6.25. The maximum atomic E-state index is 12.5. The lowest BCUT2D eigenvalue weighted by molar-refractivity contribution is 0.412. The van der Waals surface area contributed by atoms with E-state index in [1.54, 1.807) is 11.7 Å². The van der Waals surface area contributed by atoms with E-state index in [-0.39, 0.29) is 18.1 Å². The average molecular weight is 286 g/mol. The van der Waals surface area contributed by atoms with Gasteiger partial charge in [0.25, 0.3) is 5.56 Å². The summed E-state index contributed by atoms with van der Waals surface area (Å²) in [5.41, 5.74) is 9.21. The third-order valence-corrected chi connectivity index (χ3v) is 3.62. The van der Waals surface area contributed by atoms with Crippen molar-refractivity contribution in [3.8, 4) is 17.0 Å². The molecule has 0 radical (unpaired) electrons. The third-order valence-electron chi connectivity index (χ3n) is 3.62. The minimum atomic E-state index is -0.0153. The van der Waals surface area contributed by atoms with E-state index in [0.29, 0.717) is 5.56 Å². The summed E-state index contributed by atoms with van der Waals surface area (Å²) in [6, 6.07) is 9.79. The van der Waals surface area contributed by atoms with Crippen LogP contribution in [0.4, 0.5) is 0 Å². The Hall–Kier alpha value is -2.07. The van der Waals surface area contributed by atoms with Crippen LogP contribution in [-0.2, 0) is 6.54 Å². The molecule has 0 unspecified atom stereocenters. The smallest absolute Gasteiger partial charge is 0.255 e. The highest BCUT2D eigenvalue weighted by atomic mass is 16.5. The van der Waals surface area contributed by atoms with Crippen LogP contribution in [0.5, 0.6) is 5.75 Å². The van der Waals surface area contributed by atoms with Gasteiger partial charge < -0.3 is 15.0 Å². The molecule has 0 aliphatic heterocycles. The highest BCUT2D eigenvalue weighted by Gasteiger charge is 2.13. The minimum Gasteiger partial charge on any atom is -0.496 e. The molecular weight excluding hydrogens is 264 g/mol. The highest BCUT2D eigenvalue weighted by molar-refractivity contribution is 5.63.